The molecule has 0 N–H and O–H groups in total. The molecule has 0 saturated heterocycles. The Labute approximate surface area is 125 Å². The minimum absolute atomic E-state index is 0.742. The molecule has 0 saturated carbocycles. The average Bonchev–Trinajstić information content (AvgIpc) is 2.46. The number of halogens is 2. The van der Waals surface area contributed by atoms with E-state index in [-0.39, 0.29) is 0 Å². The van der Waals surface area contributed by atoms with Crippen LogP contribution in [-0.4, -0.2) is 4.98 Å². The van der Waals surface area contributed by atoms with Crippen LogP contribution in [0.4, 0.5) is 0 Å². The van der Waals surface area contributed by atoms with Gasteiger partial charge >= 0.3 is 0 Å². The summed E-state index contributed by atoms with van der Waals surface area (Å²) in [7, 11) is 0. The van der Waals surface area contributed by atoms with E-state index in [4.69, 9.17) is 11.6 Å². The normalized spacial score (nSPS) is 10.8. The second-order valence-corrected chi connectivity index (χ2v) is 5.36. The van der Waals surface area contributed by atoms with Crippen LogP contribution in [0.2, 0.25) is 5.02 Å². The smallest absolute Gasteiger partial charge is 0.0780 e. The lowest BCUT2D eigenvalue weighted by Gasteiger charge is -2.09. The predicted molar refractivity (Wildman–Crippen MR) is 84.8 cm³/mol. The van der Waals surface area contributed by atoms with Gasteiger partial charge in [-0.05, 0) is 41.5 Å². The van der Waals surface area contributed by atoms with Gasteiger partial charge in [-0.25, -0.2) is 0 Å². The molecule has 0 radical (unpaired) electrons. The van der Waals surface area contributed by atoms with Crippen molar-refractivity contribution < 1.29 is 0 Å². The van der Waals surface area contributed by atoms with Crippen molar-refractivity contribution in [2.75, 3.05) is 0 Å². The summed E-state index contributed by atoms with van der Waals surface area (Å²) >= 11 is 9.61. The topological polar surface area (TPSA) is 12.9 Å². The molecule has 2 aromatic carbocycles. The third kappa shape index (κ3) is 2.51. The molecule has 19 heavy (non-hydrogen) atoms. The molecule has 3 rings (SSSR count). The molecule has 94 valence electrons. The zero-order valence-corrected chi connectivity index (χ0v) is 12.4. The number of nitrogens with zero attached hydrogens (tertiary/aromatic N) is 1. The Kier molecular flexibility index (Phi) is 3.54. The average molecular weight is 333 g/mol. The van der Waals surface area contributed by atoms with Crippen LogP contribution in [0.15, 0.2) is 54.7 Å². The number of alkyl halides is 1. The molecule has 0 aliphatic heterocycles. The largest absolute Gasteiger partial charge is 0.256 e. The Hall–Kier alpha value is -1.38. The van der Waals surface area contributed by atoms with Gasteiger partial charge in [0.15, 0.2) is 0 Å². The van der Waals surface area contributed by atoms with E-state index in [0.29, 0.717) is 0 Å². The Morgan fingerprint density at radius 2 is 1.95 bits per heavy atom. The van der Waals surface area contributed by atoms with Crippen molar-refractivity contribution in [2.45, 2.75) is 5.33 Å². The molecule has 3 aromatic rings. The third-order valence-corrected chi connectivity index (χ3v) is 3.94. The van der Waals surface area contributed by atoms with Gasteiger partial charge < -0.3 is 0 Å². The van der Waals surface area contributed by atoms with Gasteiger partial charge in [0.05, 0.1) is 5.52 Å². The highest BCUT2D eigenvalue weighted by Crippen LogP contribution is 2.30. The van der Waals surface area contributed by atoms with Crippen LogP contribution in [0.1, 0.15) is 5.56 Å². The predicted octanol–water partition coefficient (Wildman–Crippen LogP) is 5.45. The first-order valence-electron chi connectivity index (χ1n) is 5.97. The van der Waals surface area contributed by atoms with Crippen LogP contribution in [0.25, 0.3) is 22.0 Å². The van der Waals surface area contributed by atoms with Crippen molar-refractivity contribution in [3.05, 3.63) is 65.3 Å². The first-order chi connectivity index (χ1) is 9.28. The molecule has 0 aliphatic rings. The monoisotopic (exact) mass is 331 g/mol. The van der Waals surface area contributed by atoms with E-state index in [0.717, 1.165) is 32.4 Å². The molecule has 1 aromatic heterocycles. The van der Waals surface area contributed by atoms with Crippen molar-refractivity contribution in [1.29, 1.82) is 0 Å². The molecular weight excluding hydrogens is 322 g/mol. The quantitative estimate of drug-likeness (QED) is 0.569. The van der Waals surface area contributed by atoms with E-state index in [1.807, 2.05) is 30.5 Å². The molecular formula is C16H11BrClN. The molecule has 0 aliphatic carbocycles. The molecule has 0 spiro atoms. The Morgan fingerprint density at radius 1 is 1.05 bits per heavy atom. The van der Waals surface area contributed by atoms with Gasteiger partial charge in [-0.1, -0.05) is 45.7 Å². The Morgan fingerprint density at radius 3 is 2.74 bits per heavy atom. The van der Waals surface area contributed by atoms with Crippen molar-refractivity contribution in [1.82, 2.24) is 4.98 Å². The first kappa shape index (κ1) is 12.6. The fourth-order valence-electron chi connectivity index (χ4n) is 2.21. The summed E-state index contributed by atoms with van der Waals surface area (Å²) in [5.41, 5.74) is 4.46. The Bertz CT molecular complexity index is 740. The van der Waals surface area contributed by atoms with Crippen LogP contribution in [-0.2, 0) is 5.33 Å². The highest BCUT2D eigenvalue weighted by molar-refractivity contribution is 9.08. The number of rotatable bonds is 2. The van der Waals surface area contributed by atoms with E-state index >= 15 is 0 Å². The summed E-state index contributed by atoms with van der Waals surface area (Å²) in [5.74, 6) is 0. The van der Waals surface area contributed by atoms with Gasteiger partial charge in [-0.15, -0.1) is 0 Å². The molecule has 0 amide bonds. The van der Waals surface area contributed by atoms with Gasteiger partial charge in [-0.2, -0.15) is 0 Å². The van der Waals surface area contributed by atoms with Crippen LogP contribution < -0.4 is 0 Å². The highest BCUT2D eigenvalue weighted by Gasteiger charge is 2.07. The van der Waals surface area contributed by atoms with Gasteiger partial charge in [-0.3, -0.25) is 4.98 Å². The fourth-order valence-corrected chi connectivity index (χ4v) is 2.72. The molecule has 3 heteroatoms. The molecule has 1 nitrogen and oxygen atoms in total. The minimum atomic E-state index is 0.742. The highest BCUT2D eigenvalue weighted by atomic mass is 79.9. The number of fused-ring (bicyclic) bond motifs is 1. The Balaban J connectivity index is 2.32. The third-order valence-electron chi connectivity index (χ3n) is 3.05. The summed E-state index contributed by atoms with van der Waals surface area (Å²) in [6, 6.07) is 16.3. The van der Waals surface area contributed by atoms with Crippen molar-refractivity contribution >= 4 is 38.4 Å². The maximum Gasteiger partial charge on any atom is 0.0780 e. The van der Waals surface area contributed by atoms with Crippen LogP contribution >= 0.6 is 27.5 Å². The SMILES string of the molecule is Clc1cccc(-c2cc(CBr)cc3cccnc23)c1. The van der Waals surface area contributed by atoms with Gasteiger partial charge in [0.25, 0.3) is 0 Å². The molecule has 1 heterocycles. The van der Waals surface area contributed by atoms with E-state index in [1.165, 1.54) is 5.56 Å². The molecule has 0 unspecified atom stereocenters. The number of benzene rings is 2. The van der Waals surface area contributed by atoms with Crippen LogP contribution in [0.3, 0.4) is 0 Å². The number of aromatic nitrogens is 1. The zero-order chi connectivity index (χ0) is 13.2. The van der Waals surface area contributed by atoms with Crippen LogP contribution in [0.5, 0.6) is 0 Å². The lowest BCUT2D eigenvalue weighted by atomic mass is 9.99. The van der Waals surface area contributed by atoms with Gasteiger partial charge in [0.2, 0.25) is 0 Å². The van der Waals surface area contributed by atoms with Crippen molar-refractivity contribution in [2.24, 2.45) is 0 Å². The van der Waals surface area contributed by atoms with Crippen molar-refractivity contribution in [3.63, 3.8) is 0 Å². The summed E-state index contributed by atoms with van der Waals surface area (Å²) in [5, 5.41) is 2.71. The summed E-state index contributed by atoms with van der Waals surface area (Å²) in [4.78, 5) is 4.50. The molecule has 0 bridgehead atoms. The lowest BCUT2D eigenvalue weighted by molar-refractivity contribution is 1.38. The van der Waals surface area contributed by atoms with Crippen LogP contribution in [0, 0.1) is 0 Å². The number of hydrogen-bond acceptors (Lipinski definition) is 1. The van der Waals surface area contributed by atoms with E-state index in [2.05, 4.69) is 45.2 Å². The second kappa shape index (κ2) is 5.32. The molecule has 0 fully saturated rings. The molecule has 0 atom stereocenters. The summed E-state index contributed by atoms with van der Waals surface area (Å²) in [6.07, 6.45) is 1.82. The lowest BCUT2D eigenvalue weighted by Crippen LogP contribution is -1.88. The van der Waals surface area contributed by atoms with E-state index < -0.39 is 0 Å². The van der Waals surface area contributed by atoms with Gasteiger partial charge in [0.1, 0.15) is 0 Å². The minimum Gasteiger partial charge on any atom is -0.256 e. The zero-order valence-electron chi connectivity index (χ0n) is 10.1. The first-order valence-corrected chi connectivity index (χ1v) is 7.47. The summed E-state index contributed by atoms with van der Waals surface area (Å²) < 4.78 is 0. The van der Waals surface area contributed by atoms with Crippen molar-refractivity contribution in [3.8, 4) is 11.1 Å². The maximum atomic E-state index is 6.09. The number of pyridine rings is 1. The number of hydrogen-bond donors (Lipinski definition) is 0. The maximum absolute atomic E-state index is 6.09. The van der Waals surface area contributed by atoms with Gasteiger partial charge in [0, 0.05) is 27.5 Å². The summed E-state index contributed by atoms with van der Waals surface area (Å²) in [6.45, 7) is 0. The standard InChI is InChI=1S/C16H11BrClN/c17-10-11-7-13-4-2-6-19-16(13)15(8-11)12-3-1-5-14(18)9-12/h1-9H,10H2. The van der Waals surface area contributed by atoms with E-state index in [9.17, 15) is 0 Å². The van der Waals surface area contributed by atoms with E-state index in [1.54, 1.807) is 0 Å². The fraction of sp³-hybridized carbons (Fsp3) is 0.0625. The second-order valence-electron chi connectivity index (χ2n) is 4.36.